The van der Waals surface area contributed by atoms with Crippen LogP contribution in [0.2, 0.25) is 5.15 Å². The van der Waals surface area contributed by atoms with Crippen LogP contribution in [0.5, 0.6) is 0 Å². The van der Waals surface area contributed by atoms with Gasteiger partial charge in [-0.25, -0.2) is 9.37 Å². The summed E-state index contributed by atoms with van der Waals surface area (Å²) in [6.07, 6.45) is -0.476. The Balaban J connectivity index is 2.99. The maximum Gasteiger partial charge on any atom is 0.313 e. The summed E-state index contributed by atoms with van der Waals surface area (Å²) in [5.74, 6) is -2.03. The van der Waals surface area contributed by atoms with Gasteiger partial charge in [-0.05, 0) is 18.9 Å². The summed E-state index contributed by atoms with van der Waals surface area (Å²) < 4.78 is 18.4. The smallest absolute Gasteiger partial charge is 0.313 e. The molecule has 0 radical (unpaired) electrons. The van der Waals surface area contributed by atoms with Crippen LogP contribution in [0, 0.1) is 5.82 Å². The fourth-order valence-electron chi connectivity index (χ4n) is 1.52. The Kier molecular flexibility index (Phi) is 5.42. The highest BCUT2D eigenvalue weighted by Gasteiger charge is 2.20. The Morgan fingerprint density at radius 2 is 2.11 bits per heavy atom. The first kappa shape index (κ1) is 15.6. The fourth-order valence-corrected chi connectivity index (χ4v) is 1.77. The van der Waals surface area contributed by atoms with Crippen LogP contribution in [-0.2, 0) is 9.53 Å². The van der Waals surface area contributed by atoms with Gasteiger partial charge in [-0.3, -0.25) is 9.59 Å². The molecule has 0 saturated heterocycles. The van der Waals surface area contributed by atoms with Gasteiger partial charge in [0, 0.05) is 0 Å². The number of carbonyl (C=O) groups is 2. The number of ketones is 1. The lowest BCUT2D eigenvalue weighted by molar-refractivity contribution is -0.141. The number of rotatable bonds is 5. The maximum absolute atomic E-state index is 13.7. The van der Waals surface area contributed by atoms with Crippen molar-refractivity contribution in [2.45, 2.75) is 33.1 Å². The van der Waals surface area contributed by atoms with Crippen molar-refractivity contribution in [2.75, 3.05) is 6.61 Å². The molecule has 1 heterocycles. The van der Waals surface area contributed by atoms with E-state index in [1.54, 1.807) is 20.8 Å². The van der Waals surface area contributed by atoms with Gasteiger partial charge in [0.15, 0.2) is 5.78 Å². The van der Waals surface area contributed by atoms with Gasteiger partial charge in [0.1, 0.15) is 17.4 Å². The third-order valence-corrected chi connectivity index (χ3v) is 2.70. The summed E-state index contributed by atoms with van der Waals surface area (Å²) in [5, 5.41) is -0.0978. The van der Waals surface area contributed by atoms with E-state index in [0.29, 0.717) is 0 Å². The summed E-state index contributed by atoms with van der Waals surface area (Å²) >= 11 is 5.85. The van der Waals surface area contributed by atoms with E-state index in [4.69, 9.17) is 11.6 Å². The minimum Gasteiger partial charge on any atom is -0.466 e. The molecule has 0 aliphatic carbocycles. The lowest BCUT2D eigenvalue weighted by Crippen LogP contribution is -2.13. The summed E-state index contributed by atoms with van der Waals surface area (Å²) in [7, 11) is 0. The molecule has 0 saturated carbocycles. The van der Waals surface area contributed by atoms with Gasteiger partial charge in [-0.15, -0.1) is 0 Å². The number of esters is 1. The molecule has 0 atom stereocenters. The van der Waals surface area contributed by atoms with Gasteiger partial charge in [-0.2, -0.15) is 0 Å². The Morgan fingerprint density at radius 3 is 2.63 bits per heavy atom. The topological polar surface area (TPSA) is 56.3 Å². The Labute approximate surface area is 115 Å². The highest BCUT2D eigenvalue weighted by atomic mass is 35.5. The number of hydrogen-bond donors (Lipinski definition) is 0. The number of halogens is 2. The molecule has 19 heavy (non-hydrogen) atoms. The largest absolute Gasteiger partial charge is 0.466 e. The first-order chi connectivity index (χ1) is 8.86. The van der Waals surface area contributed by atoms with Crippen molar-refractivity contribution in [2.24, 2.45) is 0 Å². The lowest BCUT2D eigenvalue weighted by Gasteiger charge is -2.09. The second-order valence-corrected chi connectivity index (χ2v) is 4.61. The van der Waals surface area contributed by atoms with Crippen molar-refractivity contribution in [1.82, 2.24) is 4.98 Å². The quantitative estimate of drug-likeness (QED) is 0.361. The van der Waals surface area contributed by atoms with Crippen molar-refractivity contribution in [3.8, 4) is 0 Å². The monoisotopic (exact) mass is 287 g/mol. The van der Waals surface area contributed by atoms with Gasteiger partial charge in [0.25, 0.3) is 0 Å². The fraction of sp³-hybridized carbons (Fsp3) is 0.462. The van der Waals surface area contributed by atoms with Crippen LogP contribution in [-0.4, -0.2) is 23.3 Å². The zero-order valence-corrected chi connectivity index (χ0v) is 11.8. The van der Waals surface area contributed by atoms with Gasteiger partial charge >= 0.3 is 5.97 Å². The third-order valence-electron chi connectivity index (χ3n) is 2.41. The Hall–Kier alpha value is -1.49. The molecule has 1 rings (SSSR count). The molecule has 0 aliphatic heterocycles. The van der Waals surface area contributed by atoms with Crippen molar-refractivity contribution < 1.29 is 18.7 Å². The van der Waals surface area contributed by atoms with Crippen LogP contribution in [0.3, 0.4) is 0 Å². The summed E-state index contributed by atoms with van der Waals surface area (Å²) in [4.78, 5) is 26.9. The normalized spacial score (nSPS) is 10.6. The molecule has 0 aliphatic rings. The van der Waals surface area contributed by atoms with E-state index in [0.717, 1.165) is 6.07 Å². The van der Waals surface area contributed by atoms with E-state index in [9.17, 15) is 14.0 Å². The molecule has 0 bridgehead atoms. The lowest BCUT2D eigenvalue weighted by atomic mass is 10.1. The SMILES string of the molecule is CCOC(=O)CC(=O)c1cc(F)c(C(C)C)nc1Cl. The van der Waals surface area contributed by atoms with Crippen LogP contribution >= 0.6 is 11.6 Å². The molecule has 0 N–H and O–H groups in total. The third kappa shape index (κ3) is 3.99. The molecule has 0 fully saturated rings. The molecule has 0 spiro atoms. The standard InChI is InChI=1S/C13H15ClFNO3/c1-4-19-11(18)6-10(17)8-5-9(15)12(7(2)3)16-13(8)14/h5,7H,4,6H2,1-3H3. The highest BCUT2D eigenvalue weighted by molar-refractivity contribution is 6.33. The average Bonchev–Trinajstić information content (AvgIpc) is 2.31. The first-order valence-corrected chi connectivity index (χ1v) is 6.29. The molecule has 0 amide bonds. The predicted octanol–water partition coefficient (Wildman–Crippen LogP) is 3.13. The van der Waals surface area contributed by atoms with Crippen molar-refractivity contribution in [3.05, 3.63) is 28.3 Å². The molecule has 1 aromatic rings. The molecule has 0 aromatic carbocycles. The van der Waals surface area contributed by atoms with E-state index in [1.165, 1.54) is 0 Å². The predicted molar refractivity (Wildman–Crippen MR) is 68.9 cm³/mol. The van der Waals surface area contributed by atoms with Crippen LogP contribution < -0.4 is 0 Å². The van der Waals surface area contributed by atoms with E-state index >= 15 is 0 Å². The number of carbonyl (C=O) groups excluding carboxylic acids is 2. The maximum atomic E-state index is 13.7. The van der Waals surface area contributed by atoms with E-state index in [1.807, 2.05) is 0 Å². The molecular formula is C13H15ClFNO3. The molecule has 104 valence electrons. The van der Waals surface area contributed by atoms with Gasteiger partial charge in [0.05, 0.1) is 17.9 Å². The summed E-state index contributed by atoms with van der Waals surface area (Å²) in [6.45, 7) is 5.34. The second kappa shape index (κ2) is 6.61. The molecule has 4 nitrogen and oxygen atoms in total. The van der Waals surface area contributed by atoms with Crippen molar-refractivity contribution in [1.29, 1.82) is 0 Å². The number of aromatic nitrogens is 1. The highest BCUT2D eigenvalue weighted by Crippen LogP contribution is 2.23. The molecule has 6 heteroatoms. The van der Waals surface area contributed by atoms with Crippen LogP contribution in [0.1, 0.15) is 49.2 Å². The van der Waals surface area contributed by atoms with Gasteiger partial charge in [0.2, 0.25) is 0 Å². The van der Waals surface area contributed by atoms with Crippen molar-refractivity contribution in [3.63, 3.8) is 0 Å². The molecule has 0 unspecified atom stereocenters. The van der Waals surface area contributed by atoms with Gasteiger partial charge in [-0.1, -0.05) is 25.4 Å². The minimum absolute atomic E-state index is 0.0978. The molecule has 1 aromatic heterocycles. The second-order valence-electron chi connectivity index (χ2n) is 4.25. The number of nitrogens with zero attached hydrogens (tertiary/aromatic N) is 1. The Bertz CT molecular complexity index is 503. The minimum atomic E-state index is -0.670. The first-order valence-electron chi connectivity index (χ1n) is 5.91. The zero-order chi connectivity index (χ0) is 14.6. The molecular weight excluding hydrogens is 273 g/mol. The van der Waals surface area contributed by atoms with Crippen LogP contribution in [0.4, 0.5) is 4.39 Å². The number of hydrogen-bond acceptors (Lipinski definition) is 4. The summed E-state index contributed by atoms with van der Waals surface area (Å²) in [6, 6.07) is 1.02. The summed E-state index contributed by atoms with van der Waals surface area (Å²) in [5.41, 5.74) is 0.0919. The van der Waals surface area contributed by atoms with Crippen molar-refractivity contribution >= 4 is 23.4 Å². The number of Topliss-reactive ketones (excluding diaryl/α,β-unsaturated/α-hetero) is 1. The van der Waals surface area contributed by atoms with E-state index < -0.39 is 24.0 Å². The van der Waals surface area contributed by atoms with E-state index in [2.05, 4.69) is 9.72 Å². The number of ether oxygens (including phenoxy) is 1. The van der Waals surface area contributed by atoms with Crippen LogP contribution in [0.15, 0.2) is 6.07 Å². The Morgan fingerprint density at radius 1 is 1.47 bits per heavy atom. The van der Waals surface area contributed by atoms with E-state index in [-0.39, 0.29) is 28.9 Å². The zero-order valence-electron chi connectivity index (χ0n) is 11.0. The average molecular weight is 288 g/mol. The van der Waals surface area contributed by atoms with Crippen LogP contribution in [0.25, 0.3) is 0 Å². The van der Waals surface area contributed by atoms with Gasteiger partial charge < -0.3 is 4.74 Å². The number of pyridine rings is 1.